The molecule has 0 unspecified atom stereocenters. The topological polar surface area (TPSA) is 24.9 Å². The number of nitrogens with zero attached hydrogens (tertiary/aromatic N) is 1. The molecule has 9 rings (SSSR count). The van der Waals surface area contributed by atoms with Crippen LogP contribution in [0.15, 0.2) is 152 Å². The summed E-state index contributed by atoms with van der Waals surface area (Å²) in [6, 6.07) is 46.5. The third kappa shape index (κ3) is 3.71. The molecule has 1 aromatic heterocycles. The summed E-state index contributed by atoms with van der Waals surface area (Å²) in [5.74, 6) is 0. The lowest BCUT2D eigenvalue weighted by Gasteiger charge is -2.20. The third-order valence-electron chi connectivity index (χ3n) is 9.08. The lowest BCUT2D eigenvalue weighted by molar-refractivity contribution is 0.981. The zero-order valence-electron chi connectivity index (χ0n) is 24.1. The Balaban J connectivity index is 1.35. The van der Waals surface area contributed by atoms with Gasteiger partial charge in [-0.05, 0) is 83.8 Å². The summed E-state index contributed by atoms with van der Waals surface area (Å²) in [6.45, 7) is 0.829. The molecule has 0 atom stereocenters. The van der Waals surface area contributed by atoms with Crippen LogP contribution in [0.3, 0.4) is 0 Å². The molecule has 44 heavy (non-hydrogen) atoms. The maximum Gasteiger partial charge on any atom is 0.0861 e. The van der Waals surface area contributed by atoms with Crippen molar-refractivity contribution in [3.05, 3.63) is 158 Å². The summed E-state index contributed by atoms with van der Waals surface area (Å²) >= 11 is 0. The molecule has 2 heterocycles. The third-order valence-corrected chi connectivity index (χ3v) is 9.08. The zero-order chi connectivity index (χ0) is 29.0. The molecule has 0 saturated carbocycles. The molecule has 6 aromatic carbocycles. The van der Waals surface area contributed by atoms with Crippen LogP contribution in [-0.2, 0) is 0 Å². The molecule has 0 radical (unpaired) electrons. The Bertz CT molecular complexity index is 2200. The first-order valence-corrected chi connectivity index (χ1v) is 15.2. The summed E-state index contributed by atoms with van der Waals surface area (Å²) in [4.78, 5) is 4.87. The van der Waals surface area contributed by atoms with Gasteiger partial charge in [0.15, 0.2) is 0 Å². The van der Waals surface area contributed by atoms with E-state index in [0.717, 1.165) is 23.5 Å². The maximum absolute atomic E-state index is 4.87. The number of aromatic nitrogens is 1. The molecular formula is C42H28N2. The van der Waals surface area contributed by atoms with E-state index in [1.54, 1.807) is 0 Å². The van der Waals surface area contributed by atoms with Crippen LogP contribution in [0.5, 0.6) is 0 Å². The predicted octanol–water partition coefficient (Wildman–Crippen LogP) is 10.5. The molecule has 0 spiro atoms. The van der Waals surface area contributed by atoms with Crippen LogP contribution in [0.4, 0.5) is 0 Å². The molecule has 1 N–H and O–H groups in total. The number of allylic oxidation sites excluding steroid dienone is 2. The number of hydrogen-bond donors (Lipinski definition) is 1. The van der Waals surface area contributed by atoms with E-state index < -0.39 is 0 Å². The monoisotopic (exact) mass is 560 g/mol. The first-order valence-electron chi connectivity index (χ1n) is 15.2. The quantitative estimate of drug-likeness (QED) is 0.232. The highest BCUT2D eigenvalue weighted by atomic mass is 14.9. The summed E-state index contributed by atoms with van der Waals surface area (Å²) in [7, 11) is 0. The van der Waals surface area contributed by atoms with Gasteiger partial charge in [-0.25, -0.2) is 0 Å². The predicted molar refractivity (Wildman–Crippen MR) is 185 cm³/mol. The summed E-state index contributed by atoms with van der Waals surface area (Å²) < 4.78 is 0. The Kier molecular flexibility index (Phi) is 5.60. The SMILES string of the molecule is C1=CCNC(c2ccc(-c3ccc4c5c(cccc35)-c3c-4c(-c4ccccc4)c4ccccc4c3-c3ccccc3)cn2)=C1. The van der Waals surface area contributed by atoms with Gasteiger partial charge in [-0.15, -0.1) is 0 Å². The molecular weight excluding hydrogens is 532 g/mol. The van der Waals surface area contributed by atoms with Gasteiger partial charge in [-0.2, -0.15) is 0 Å². The molecule has 0 fully saturated rings. The van der Waals surface area contributed by atoms with E-state index in [-0.39, 0.29) is 0 Å². The fourth-order valence-electron chi connectivity index (χ4n) is 7.21. The highest BCUT2D eigenvalue weighted by Crippen LogP contribution is 2.58. The average Bonchev–Trinajstić information content (AvgIpc) is 3.43. The second kappa shape index (κ2) is 9.93. The van der Waals surface area contributed by atoms with Crippen molar-refractivity contribution < 1.29 is 0 Å². The molecule has 0 saturated heterocycles. The molecule has 1 aliphatic carbocycles. The van der Waals surface area contributed by atoms with E-state index in [1.165, 1.54) is 71.6 Å². The Morgan fingerprint density at radius 1 is 0.477 bits per heavy atom. The minimum atomic E-state index is 0.829. The Labute approximate surface area is 256 Å². The fraction of sp³-hybridized carbons (Fsp3) is 0.0238. The van der Waals surface area contributed by atoms with E-state index in [0.29, 0.717) is 0 Å². The van der Waals surface area contributed by atoms with E-state index in [9.17, 15) is 0 Å². The minimum Gasteiger partial charge on any atom is -0.380 e. The minimum absolute atomic E-state index is 0.829. The van der Waals surface area contributed by atoms with Crippen molar-refractivity contribution in [1.29, 1.82) is 0 Å². The number of dihydropyridines is 1. The lowest BCUT2D eigenvalue weighted by Crippen LogP contribution is -2.15. The van der Waals surface area contributed by atoms with E-state index in [4.69, 9.17) is 4.98 Å². The second-order valence-electron chi connectivity index (χ2n) is 11.5. The summed E-state index contributed by atoms with van der Waals surface area (Å²) in [6.07, 6.45) is 8.29. The molecule has 2 heteroatoms. The van der Waals surface area contributed by atoms with Crippen LogP contribution in [0.25, 0.3) is 82.9 Å². The number of benzene rings is 6. The van der Waals surface area contributed by atoms with Crippen LogP contribution in [0.2, 0.25) is 0 Å². The van der Waals surface area contributed by atoms with Crippen LogP contribution in [-0.4, -0.2) is 11.5 Å². The van der Waals surface area contributed by atoms with Crippen LogP contribution >= 0.6 is 0 Å². The molecule has 2 nitrogen and oxygen atoms in total. The van der Waals surface area contributed by atoms with Gasteiger partial charge in [-0.3, -0.25) is 4.98 Å². The highest BCUT2D eigenvalue weighted by Gasteiger charge is 2.31. The van der Waals surface area contributed by atoms with Gasteiger partial charge in [-0.1, -0.05) is 133 Å². The van der Waals surface area contributed by atoms with Crippen LogP contribution in [0, 0.1) is 0 Å². The van der Waals surface area contributed by atoms with Gasteiger partial charge in [0, 0.05) is 18.3 Å². The van der Waals surface area contributed by atoms with Crippen molar-refractivity contribution in [1.82, 2.24) is 10.3 Å². The van der Waals surface area contributed by atoms with Gasteiger partial charge < -0.3 is 5.32 Å². The standard InChI is InChI=1S/C42H28N2/c1-3-12-27(13-4-1)38-32-16-7-8-17-33(32)39(28-14-5-2-6-15-28)42-35-23-22-30(31-18-11-19-34(40(31)35)41(38)42)29-21-24-37(44-26-29)36-20-9-10-25-43-36/h1-24,26,43H,25H2. The maximum atomic E-state index is 4.87. The van der Waals surface area contributed by atoms with Gasteiger partial charge in [0.25, 0.3) is 0 Å². The van der Waals surface area contributed by atoms with Crippen LogP contribution < -0.4 is 5.32 Å². The van der Waals surface area contributed by atoms with Gasteiger partial charge >= 0.3 is 0 Å². The lowest BCUT2D eigenvalue weighted by atomic mass is 9.82. The molecule has 7 aromatic rings. The smallest absolute Gasteiger partial charge is 0.0861 e. The first kappa shape index (κ1) is 24.8. The fourth-order valence-corrected chi connectivity index (χ4v) is 7.21. The van der Waals surface area contributed by atoms with E-state index >= 15 is 0 Å². The average molecular weight is 561 g/mol. The second-order valence-corrected chi connectivity index (χ2v) is 11.5. The normalized spacial score (nSPS) is 13.1. The molecule has 206 valence electrons. The molecule has 0 amide bonds. The number of nitrogens with one attached hydrogen (secondary N) is 1. The zero-order valence-corrected chi connectivity index (χ0v) is 24.1. The van der Waals surface area contributed by atoms with Crippen molar-refractivity contribution in [3.63, 3.8) is 0 Å². The summed E-state index contributed by atoms with van der Waals surface area (Å²) in [5, 5.41) is 8.55. The Hall–Kier alpha value is -5.73. The number of fused-ring (bicyclic) bond motifs is 4. The molecule has 2 aliphatic rings. The van der Waals surface area contributed by atoms with Crippen molar-refractivity contribution in [2.24, 2.45) is 0 Å². The Morgan fingerprint density at radius 3 is 1.70 bits per heavy atom. The number of hydrogen-bond acceptors (Lipinski definition) is 2. The molecule has 1 aliphatic heterocycles. The van der Waals surface area contributed by atoms with Crippen LogP contribution in [0.1, 0.15) is 5.69 Å². The van der Waals surface area contributed by atoms with Crippen molar-refractivity contribution >= 4 is 27.2 Å². The van der Waals surface area contributed by atoms with E-state index in [2.05, 4.69) is 151 Å². The Morgan fingerprint density at radius 2 is 1.09 bits per heavy atom. The first-order chi connectivity index (χ1) is 21.9. The van der Waals surface area contributed by atoms with Gasteiger partial charge in [0.2, 0.25) is 0 Å². The van der Waals surface area contributed by atoms with Gasteiger partial charge in [0.1, 0.15) is 0 Å². The number of pyridine rings is 1. The highest BCUT2D eigenvalue weighted by molar-refractivity contribution is 6.28. The van der Waals surface area contributed by atoms with E-state index in [1.807, 2.05) is 6.20 Å². The van der Waals surface area contributed by atoms with Crippen molar-refractivity contribution in [2.75, 3.05) is 6.54 Å². The van der Waals surface area contributed by atoms with Gasteiger partial charge in [0.05, 0.1) is 11.4 Å². The molecule has 0 bridgehead atoms. The van der Waals surface area contributed by atoms with Crippen molar-refractivity contribution in [2.45, 2.75) is 0 Å². The van der Waals surface area contributed by atoms with Crippen molar-refractivity contribution in [3.8, 4) is 55.6 Å². The summed E-state index contributed by atoms with van der Waals surface area (Å²) in [5.41, 5.74) is 14.7. The number of rotatable bonds is 4. The largest absolute Gasteiger partial charge is 0.380 e.